The maximum atomic E-state index is 14.4. The molecule has 1 amide bonds. The predicted octanol–water partition coefficient (Wildman–Crippen LogP) is 10.1. The number of carbonyl (C=O) groups is 1. The molecule has 6 aliphatic heterocycles. The minimum absolute atomic E-state index is 0.0359. The van der Waals surface area contributed by atoms with E-state index in [-0.39, 0.29) is 47.6 Å². The van der Waals surface area contributed by atoms with Crippen molar-refractivity contribution in [3.63, 3.8) is 0 Å². The third kappa shape index (κ3) is 6.00. The van der Waals surface area contributed by atoms with E-state index in [1.54, 1.807) is 4.90 Å². The third-order valence-corrected chi connectivity index (χ3v) is 16.7. The summed E-state index contributed by atoms with van der Waals surface area (Å²) >= 11 is 0. The Labute approximate surface area is 338 Å². The summed E-state index contributed by atoms with van der Waals surface area (Å²) in [7, 11) is 0. The van der Waals surface area contributed by atoms with Gasteiger partial charge in [-0.25, -0.2) is 29.2 Å². The number of hydrogen-bond acceptors (Lipinski definition) is 9. The van der Waals surface area contributed by atoms with Crippen LogP contribution in [0.2, 0.25) is 0 Å². The largest absolute Gasteiger partial charge is 0.445 e. The average molecular weight is 783 g/mol. The molecular weight excluding hydrogens is 721 g/mol. The molecule has 16 atom stereocenters. The zero-order chi connectivity index (χ0) is 39.3. The molecule has 2 aromatic rings. The van der Waals surface area contributed by atoms with Crippen LogP contribution in [0.5, 0.6) is 0 Å². The van der Waals surface area contributed by atoms with Crippen molar-refractivity contribution >= 4 is 23.2 Å². The van der Waals surface area contributed by atoms with E-state index in [1.807, 2.05) is 60.7 Å². The summed E-state index contributed by atoms with van der Waals surface area (Å²) in [5.74, 6) is 2.47. The molecule has 0 aromatic heterocycles. The van der Waals surface area contributed by atoms with Crippen LogP contribution in [0, 0.1) is 47.3 Å². The van der Waals surface area contributed by atoms with Crippen LogP contribution >= 0.6 is 0 Å². The highest BCUT2D eigenvalue weighted by atomic mass is 17.2. The molecule has 4 aliphatic carbocycles. The number of anilines is 2. The van der Waals surface area contributed by atoms with Crippen LogP contribution in [0.15, 0.2) is 65.8 Å². The van der Waals surface area contributed by atoms with Gasteiger partial charge in [0.25, 0.3) is 0 Å². The molecule has 10 heteroatoms. The molecule has 0 radical (unpaired) electrons. The highest BCUT2D eigenvalue weighted by molar-refractivity contribution is 5.97. The van der Waals surface area contributed by atoms with Gasteiger partial charge in [-0.05, 0) is 137 Å². The summed E-state index contributed by atoms with van der Waals surface area (Å²) < 4.78 is 14.8. The highest BCUT2D eigenvalue weighted by Crippen LogP contribution is 2.64. The Morgan fingerprint density at radius 1 is 0.667 bits per heavy atom. The Bertz CT molecular complexity index is 1810. The van der Waals surface area contributed by atoms with Crippen molar-refractivity contribution in [1.82, 2.24) is 0 Å². The number of nitrogens with zero attached hydrogens (tertiary/aromatic N) is 2. The van der Waals surface area contributed by atoms with E-state index < -0.39 is 29.0 Å². The molecule has 10 nitrogen and oxygen atoms in total. The normalized spacial score (nSPS) is 47.2. The van der Waals surface area contributed by atoms with Crippen LogP contribution in [0.3, 0.4) is 0 Å². The van der Waals surface area contributed by atoms with Gasteiger partial charge >= 0.3 is 6.09 Å². The summed E-state index contributed by atoms with van der Waals surface area (Å²) in [6.07, 6.45) is 9.14. The summed E-state index contributed by atoms with van der Waals surface area (Å²) in [5, 5.41) is 4.92. The first kappa shape index (κ1) is 38.3. The molecular formula is C47H62N2O8. The van der Waals surface area contributed by atoms with Crippen LogP contribution < -0.4 is 4.90 Å². The summed E-state index contributed by atoms with van der Waals surface area (Å²) in [6.45, 7) is 13.7. The first-order chi connectivity index (χ1) is 27.4. The lowest BCUT2D eigenvalue weighted by molar-refractivity contribution is -0.487. The predicted molar refractivity (Wildman–Crippen MR) is 214 cm³/mol. The van der Waals surface area contributed by atoms with Gasteiger partial charge in [0.05, 0.1) is 35.4 Å². The lowest BCUT2D eigenvalue weighted by Gasteiger charge is -2.62. The number of benzene rings is 2. The second-order valence-electron chi connectivity index (χ2n) is 20.0. The molecule has 4 bridgehead atoms. The van der Waals surface area contributed by atoms with Gasteiger partial charge in [-0.1, -0.05) is 69.2 Å². The third-order valence-electron chi connectivity index (χ3n) is 16.7. The van der Waals surface area contributed by atoms with E-state index in [1.165, 1.54) is 6.42 Å². The van der Waals surface area contributed by atoms with Crippen molar-refractivity contribution in [3.05, 3.63) is 60.7 Å². The number of ether oxygens (including phenoxy) is 2. The number of fused-ring (bicyclic) bond motifs is 4. The van der Waals surface area contributed by atoms with Crippen LogP contribution in [0.4, 0.5) is 16.2 Å². The minimum atomic E-state index is -0.575. The maximum absolute atomic E-state index is 14.4. The second-order valence-corrected chi connectivity index (χ2v) is 20.0. The number of hydrogen-bond donors (Lipinski definition) is 0. The fraction of sp³-hybridized carbons (Fsp3) is 0.702. The van der Waals surface area contributed by atoms with Crippen LogP contribution in [-0.2, 0) is 33.9 Å². The molecule has 2 spiro atoms. The molecule has 6 saturated heterocycles. The number of carbonyl (C=O) groups excluding carboxylic acids is 1. The van der Waals surface area contributed by atoms with E-state index in [4.69, 9.17) is 39.0 Å². The lowest BCUT2D eigenvalue weighted by atomic mass is 9.55. The van der Waals surface area contributed by atoms with Gasteiger partial charge in [-0.15, -0.1) is 0 Å². The molecule has 12 rings (SSSR count). The monoisotopic (exact) mass is 782 g/mol. The van der Waals surface area contributed by atoms with E-state index in [0.717, 1.165) is 63.5 Å². The molecule has 2 aromatic carbocycles. The minimum Gasteiger partial charge on any atom is -0.371 e. The van der Waals surface area contributed by atoms with Gasteiger partial charge in [0.15, 0.2) is 0 Å². The van der Waals surface area contributed by atoms with Crippen LogP contribution in [-0.4, -0.2) is 58.6 Å². The summed E-state index contributed by atoms with van der Waals surface area (Å²) in [6, 6.07) is 19.2. The van der Waals surface area contributed by atoms with Crippen molar-refractivity contribution in [3.8, 4) is 0 Å². The zero-order valence-corrected chi connectivity index (χ0v) is 34.6. The fourth-order valence-corrected chi connectivity index (χ4v) is 13.7. The van der Waals surface area contributed by atoms with E-state index in [9.17, 15) is 4.79 Å². The SMILES string of the molecule is C[C@H]1[C@@H](/C(C[C@H]2O[C@@H]3C[C@]4(C)CC[C@H]5[C@H](C)CC[C@@H]([C@H]2C)[C@@]35OO4)=N\OC(=O)N(c2ccccc2)c2ccccc2)O[C@@H]2C[C@]3(C)CC[C@H]4[C@H](C)CC[C@@H]1[C@@]24OO3. The van der Waals surface area contributed by atoms with Gasteiger partial charge in [0.1, 0.15) is 28.5 Å². The molecule has 4 saturated carbocycles. The van der Waals surface area contributed by atoms with Gasteiger partial charge < -0.3 is 9.47 Å². The smallest absolute Gasteiger partial charge is 0.371 e. The first-order valence-corrected chi connectivity index (χ1v) is 22.2. The van der Waals surface area contributed by atoms with E-state index in [2.05, 4.69) is 41.5 Å². The van der Waals surface area contributed by atoms with Gasteiger partial charge in [-0.3, -0.25) is 4.84 Å². The van der Waals surface area contributed by atoms with E-state index in [0.29, 0.717) is 41.5 Å². The molecule has 10 aliphatic rings. The van der Waals surface area contributed by atoms with Crippen molar-refractivity contribution in [2.24, 2.45) is 52.5 Å². The Morgan fingerprint density at radius 2 is 1.18 bits per heavy atom. The summed E-state index contributed by atoms with van der Waals surface area (Å²) in [4.78, 5) is 48.1. The van der Waals surface area contributed by atoms with Gasteiger partial charge in [0, 0.05) is 19.3 Å². The fourth-order valence-electron chi connectivity index (χ4n) is 13.7. The Balaban J connectivity index is 1.02. The Kier molecular flexibility index (Phi) is 9.50. The van der Waals surface area contributed by atoms with Crippen LogP contribution in [0.1, 0.15) is 112 Å². The maximum Gasteiger partial charge on any atom is 0.445 e. The van der Waals surface area contributed by atoms with Gasteiger partial charge in [-0.2, -0.15) is 0 Å². The molecule has 57 heavy (non-hydrogen) atoms. The van der Waals surface area contributed by atoms with Crippen molar-refractivity contribution < 1.29 is 38.7 Å². The molecule has 10 fully saturated rings. The van der Waals surface area contributed by atoms with Crippen molar-refractivity contribution in [1.29, 1.82) is 0 Å². The number of amides is 1. The average Bonchev–Trinajstić information content (AvgIpc) is 3.59. The molecule has 308 valence electrons. The quantitative estimate of drug-likeness (QED) is 0.124. The van der Waals surface area contributed by atoms with E-state index >= 15 is 0 Å². The van der Waals surface area contributed by atoms with Crippen molar-refractivity contribution in [2.75, 3.05) is 4.90 Å². The van der Waals surface area contributed by atoms with Crippen molar-refractivity contribution in [2.45, 2.75) is 159 Å². The topological polar surface area (TPSA) is 97.3 Å². The highest BCUT2D eigenvalue weighted by Gasteiger charge is 2.70. The number of oxime groups is 1. The van der Waals surface area contributed by atoms with Gasteiger partial charge in [0.2, 0.25) is 0 Å². The Morgan fingerprint density at radius 3 is 1.72 bits per heavy atom. The standard InChI is InChI=1S/C47H62N2O8/c1-28-17-19-36-30(3)39(51-40-26-44(5)23-21-34(28)46(36,40)56-54-44)25-38(48-53-43(50)49(32-13-9-7-10-14-32)33-15-11-8-12-16-33)42-31(4)37-20-18-29(2)35-22-24-45(6)27-41(52-42)47(35,37)57-55-45/h7-16,28-31,34-37,39-42H,17-27H2,1-6H3/b48-38-/t28-,29-,30-,31-,34+,35+,36+,37+,39-,40-,41-,42+,44+,45+,46-,47-/m1/s1. The molecule has 6 heterocycles. The first-order valence-electron chi connectivity index (χ1n) is 22.2. The number of rotatable bonds is 6. The number of para-hydroxylation sites is 2. The lowest BCUT2D eigenvalue weighted by Crippen LogP contribution is -2.71. The summed E-state index contributed by atoms with van der Waals surface area (Å²) in [5.41, 5.74) is 0.361. The molecule has 0 unspecified atom stereocenters. The Hall–Kier alpha value is -2.86. The molecule has 0 N–H and O–H groups in total. The van der Waals surface area contributed by atoms with Crippen LogP contribution in [0.25, 0.3) is 0 Å². The zero-order valence-electron chi connectivity index (χ0n) is 34.6. The second kappa shape index (κ2) is 14.1.